The predicted molar refractivity (Wildman–Crippen MR) is 70.3 cm³/mol. The van der Waals surface area contributed by atoms with Crippen LogP contribution in [0.1, 0.15) is 5.56 Å². The van der Waals surface area contributed by atoms with Gasteiger partial charge in [0.15, 0.2) is 0 Å². The summed E-state index contributed by atoms with van der Waals surface area (Å²) < 4.78 is 0. The van der Waals surface area contributed by atoms with Gasteiger partial charge < -0.3 is 0 Å². The Labute approximate surface area is 107 Å². The molecule has 3 nitrogen and oxygen atoms in total. The quantitative estimate of drug-likeness (QED) is 0.489. The molecule has 16 heavy (non-hydrogen) atoms. The molecular weight excluding hydrogens is 290 g/mol. The maximum absolute atomic E-state index is 10.5. The van der Waals surface area contributed by atoms with Crippen LogP contribution in [0.15, 0.2) is 24.3 Å². The van der Waals surface area contributed by atoms with E-state index >= 15 is 0 Å². The summed E-state index contributed by atoms with van der Waals surface area (Å²) in [5.41, 5.74) is 1.35. The van der Waals surface area contributed by atoms with Crippen LogP contribution in [-0.2, 0) is 6.42 Å². The van der Waals surface area contributed by atoms with Crippen LogP contribution < -0.4 is 0 Å². The number of halogens is 1. The number of nitro benzene ring substituents is 1. The second kappa shape index (κ2) is 5.19. The van der Waals surface area contributed by atoms with Gasteiger partial charge >= 0.3 is 0 Å². The van der Waals surface area contributed by atoms with Crippen LogP contribution in [0.5, 0.6) is 0 Å². The molecule has 0 N–H and O–H groups in total. The number of rotatable bonds is 3. The molecule has 2 rings (SSSR count). The van der Waals surface area contributed by atoms with Crippen LogP contribution in [0.25, 0.3) is 0 Å². The highest BCUT2D eigenvalue weighted by molar-refractivity contribution is 9.09. The van der Waals surface area contributed by atoms with E-state index in [0.29, 0.717) is 10.7 Å². The molecule has 0 radical (unpaired) electrons. The minimum atomic E-state index is -0.359. The van der Waals surface area contributed by atoms with E-state index in [9.17, 15) is 10.1 Å². The zero-order chi connectivity index (χ0) is 11.5. The van der Waals surface area contributed by atoms with Gasteiger partial charge in [-0.15, -0.1) is 0 Å². The molecule has 1 fully saturated rings. The number of nitro groups is 1. The van der Waals surface area contributed by atoms with Gasteiger partial charge in [-0.2, -0.15) is 11.8 Å². The molecular formula is C11H12BrNO2S. The van der Waals surface area contributed by atoms with Crippen LogP contribution in [0.2, 0.25) is 0 Å². The minimum absolute atomic E-state index is 0.167. The molecule has 0 aliphatic carbocycles. The maximum Gasteiger partial charge on any atom is 0.269 e. The molecule has 1 heterocycles. The van der Waals surface area contributed by atoms with Gasteiger partial charge in [-0.3, -0.25) is 10.1 Å². The fraction of sp³-hybridized carbons (Fsp3) is 0.455. The van der Waals surface area contributed by atoms with Crippen molar-refractivity contribution in [3.05, 3.63) is 39.9 Å². The van der Waals surface area contributed by atoms with Gasteiger partial charge in [0.1, 0.15) is 0 Å². The Hall–Kier alpha value is -0.550. The molecule has 0 saturated carbocycles. The van der Waals surface area contributed by atoms with Crippen LogP contribution >= 0.6 is 27.7 Å². The van der Waals surface area contributed by atoms with Crippen molar-refractivity contribution in [2.24, 2.45) is 5.92 Å². The van der Waals surface area contributed by atoms with Crippen molar-refractivity contribution in [3.8, 4) is 0 Å². The summed E-state index contributed by atoms with van der Waals surface area (Å²) in [7, 11) is 0. The molecule has 1 aliphatic heterocycles. The van der Waals surface area contributed by atoms with E-state index in [1.165, 1.54) is 11.3 Å². The first kappa shape index (κ1) is 11.9. The third-order valence-corrected chi connectivity index (χ3v) is 5.52. The first-order chi connectivity index (χ1) is 7.66. The van der Waals surface area contributed by atoms with Gasteiger partial charge in [-0.05, 0) is 23.7 Å². The van der Waals surface area contributed by atoms with Gasteiger partial charge in [-0.25, -0.2) is 0 Å². The van der Waals surface area contributed by atoms with Crippen LogP contribution in [-0.4, -0.2) is 21.3 Å². The van der Waals surface area contributed by atoms with Gasteiger partial charge in [0.05, 0.1) is 4.92 Å². The lowest BCUT2D eigenvalue weighted by atomic mass is 9.99. The summed E-state index contributed by atoms with van der Waals surface area (Å²) in [5.74, 6) is 2.98. The lowest BCUT2D eigenvalue weighted by Gasteiger charge is -2.12. The van der Waals surface area contributed by atoms with E-state index in [2.05, 4.69) is 15.9 Å². The van der Waals surface area contributed by atoms with Crippen molar-refractivity contribution in [1.82, 2.24) is 0 Å². The zero-order valence-electron chi connectivity index (χ0n) is 8.64. The second-order valence-electron chi connectivity index (χ2n) is 3.94. The third kappa shape index (κ3) is 2.77. The van der Waals surface area contributed by atoms with Crippen LogP contribution in [0.4, 0.5) is 5.69 Å². The highest BCUT2D eigenvalue weighted by Crippen LogP contribution is 2.32. The Bertz CT molecular complexity index is 382. The van der Waals surface area contributed by atoms with Crippen LogP contribution in [0, 0.1) is 16.0 Å². The highest BCUT2D eigenvalue weighted by atomic mass is 79.9. The van der Waals surface area contributed by atoms with E-state index < -0.39 is 0 Å². The summed E-state index contributed by atoms with van der Waals surface area (Å²) in [6.45, 7) is 0. The Morgan fingerprint density at radius 3 is 2.56 bits per heavy atom. The molecule has 1 aromatic rings. The van der Waals surface area contributed by atoms with Crippen molar-refractivity contribution in [3.63, 3.8) is 0 Å². The van der Waals surface area contributed by atoms with Gasteiger partial charge in [0, 0.05) is 22.7 Å². The van der Waals surface area contributed by atoms with Gasteiger partial charge in [0.25, 0.3) is 5.69 Å². The van der Waals surface area contributed by atoms with E-state index in [1.54, 1.807) is 12.1 Å². The van der Waals surface area contributed by atoms with E-state index in [4.69, 9.17) is 0 Å². The largest absolute Gasteiger partial charge is 0.269 e. The van der Waals surface area contributed by atoms with Crippen molar-refractivity contribution in [1.29, 1.82) is 0 Å². The minimum Gasteiger partial charge on any atom is -0.258 e. The summed E-state index contributed by atoms with van der Waals surface area (Å²) in [5, 5.41) is 10.5. The topological polar surface area (TPSA) is 43.1 Å². The number of benzene rings is 1. The monoisotopic (exact) mass is 301 g/mol. The Morgan fingerprint density at radius 2 is 2.06 bits per heavy atom. The molecule has 1 aliphatic rings. The average molecular weight is 302 g/mol. The number of alkyl halides is 1. The molecule has 0 aromatic heterocycles. The van der Waals surface area contributed by atoms with Crippen molar-refractivity contribution in [2.75, 3.05) is 11.5 Å². The third-order valence-electron chi connectivity index (χ3n) is 2.77. The predicted octanol–water partition coefficient (Wildman–Crippen LogP) is 3.26. The standard InChI is InChI=1S/C11H12BrNO2S/c12-11-7-16-6-9(11)5-8-1-3-10(4-2-8)13(14)15/h1-4,9,11H,5-7H2. The maximum atomic E-state index is 10.5. The molecule has 1 saturated heterocycles. The van der Waals surface area contributed by atoms with Crippen molar-refractivity contribution < 1.29 is 4.92 Å². The Balaban J connectivity index is 2.02. The molecule has 86 valence electrons. The average Bonchev–Trinajstić information content (AvgIpc) is 2.65. The number of thioether (sulfide) groups is 1. The highest BCUT2D eigenvalue weighted by Gasteiger charge is 2.25. The molecule has 2 unspecified atom stereocenters. The van der Waals surface area contributed by atoms with E-state index in [-0.39, 0.29) is 10.6 Å². The Kier molecular flexibility index (Phi) is 3.86. The number of hydrogen-bond acceptors (Lipinski definition) is 3. The normalized spacial score (nSPS) is 24.6. The SMILES string of the molecule is O=[N+]([O-])c1ccc(CC2CSCC2Br)cc1. The van der Waals surface area contributed by atoms with E-state index in [1.807, 2.05) is 23.9 Å². The molecule has 0 bridgehead atoms. The lowest BCUT2D eigenvalue weighted by molar-refractivity contribution is -0.384. The fourth-order valence-corrected chi connectivity index (χ4v) is 4.28. The molecule has 1 aromatic carbocycles. The lowest BCUT2D eigenvalue weighted by Crippen LogP contribution is -2.14. The van der Waals surface area contributed by atoms with Crippen LogP contribution in [0.3, 0.4) is 0 Å². The second-order valence-corrected chi connectivity index (χ2v) is 6.19. The van der Waals surface area contributed by atoms with E-state index in [0.717, 1.165) is 12.2 Å². The first-order valence-electron chi connectivity index (χ1n) is 5.12. The summed E-state index contributed by atoms with van der Waals surface area (Å²) >= 11 is 5.63. The van der Waals surface area contributed by atoms with Gasteiger partial charge in [-0.1, -0.05) is 28.1 Å². The number of nitrogens with zero attached hydrogens (tertiary/aromatic N) is 1. The molecule has 0 amide bonds. The molecule has 5 heteroatoms. The molecule has 2 atom stereocenters. The summed E-state index contributed by atoms with van der Waals surface area (Å²) in [6, 6.07) is 6.89. The van der Waals surface area contributed by atoms with Crippen molar-refractivity contribution in [2.45, 2.75) is 11.2 Å². The first-order valence-corrected chi connectivity index (χ1v) is 7.19. The fourth-order valence-electron chi connectivity index (χ4n) is 1.82. The van der Waals surface area contributed by atoms with Gasteiger partial charge in [0.2, 0.25) is 0 Å². The summed E-state index contributed by atoms with van der Waals surface area (Å²) in [6.07, 6.45) is 1.00. The number of non-ortho nitro benzene ring substituents is 1. The summed E-state index contributed by atoms with van der Waals surface area (Å²) in [4.78, 5) is 10.7. The smallest absolute Gasteiger partial charge is 0.258 e. The zero-order valence-corrected chi connectivity index (χ0v) is 11.0. The Morgan fingerprint density at radius 1 is 1.38 bits per heavy atom. The van der Waals surface area contributed by atoms with Crippen molar-refractivity contribution >= 4 is 33.4 Å². The molecule has 0 spiro atoms. The number of hydrogen-bond donors (Lipinski definition) is 0.